The molecule has 3 nitrogen and oxygen atoms in total. The summed E-state index contributed by atoms with van der Waals surface area (Å²) in [6.07, 6.45) is 10.5. The minimum absolute atomic E-state index is 0.0473. The summed E-state index contributed by atoms with van der Waals surface area (Å²) in [5.74, 6) is -0.463. The molecule has 34 heavy (non-hydrogen) atoms. The van der Waals surface area contributed by atoms with Gasteiger partial charge >= 0.3 is 5.97 Å². The molecule has 3 aromatic carbocycles. The minimum atomic E-state index is -0.510. The standard InChI is InChI=1S/C30H36O3S/c1-3-4-5-6-7-8-9-12-19-24-22-26(34-25-20-15-11-16-21-25)27(23-17-13-10-14-18-23)28(29(24)31)30(32)33-2/h10-11,13-18,20-22,31H,3-9,12,19H2,1-2H3. The summed E-state index contributed by atoms with van der Waals surface area (Å²) in [5.41, 5.74) is 2.67. The molecular formula is C30H36O3S. The Bertz CT molecular complexity index is 1030. The molecule has 0 saturated carbocycles. The number of esters is 1. The number of aryl methyl sites for hydroxylation is 1. The quantitative estimate of drug-likeness (QED) is 0.198. The van der Waals surface area contributed by atoms with Crippen molar-refractivity contribution in [2.45, 2.75) is 74.5 Å². The van der Waals surface area contributed by atoms with Crippen LogP contribution in [0.1, 0.15) is 74.2 Å². The second-order valence-corrected chi connectivity index (χ2v) is 9.75. The van der Waals surface area contributed by atoms with Gasteiger partial charge in [-0.2, -0.15) is 0 Å². The lowest BCUT2D eigenvalue weighted by Gasteiger charge is -2.18. The summed E-state index contributed by atoms with van der Waals surface area (Å²) < 4.78 is 5.12. The minimum Gasteiger partial charge on any atom is -0.507 e. The van der Waals surface area contributed by atoms with Gasteiger partial charge in [0, 0.05) is 15.4 Å². The Morgan fingerprint density at radius 3 is 2.06 bits per heavy atom. The second-order valence-electron chi connectivity index (χ2n) is 8.63. The maximum atomic E-state index is 12.9. The highest BCUT2D eigenvalue weighted by Crippen LogP contribution is 2.44. The number of carbonyl (C=O) groups is 1. The summed E-state index contributed by atoms with van der Waals surface area (Å²) in [4.78, 5) is 14.9. The SMILES string of the molecule is CCCCCCCCCCc1cc(Sc2ccccc2)c(-c2ccccc2)c(C(=O)OC)c1O. The highest BCUT2D eigenvalue weighted by Gasteiger charge is 2.25. The van der Waals surface area contributed by atoms with Crippen LogP contribution in [0.2, 0.25) is 0 Å². The molecule has 0 unspecified atom stereocenters. The number of rotatable bonds is 13. The second kappa shape index (κ2) is 13.9. The van der Waals surface area contributed by atoms with Crippen molar-refractivity contribution in [1.29, 1.82) is 0 Å². The van der Waals surface area contributed by atoms with E-state index in [2.05, 4.69) is 25.1 Å². The van der Waals surface area contributed by atoms with Crippen molar-refractivity contribution in [1.82, 2.24) is 0 Å². The maximum Gasteiger partial charge on any atom is 0.342 e. The van der Waals surface area contributed by atoms with E-state index in [0.717, 1.165) is 45.7 Å². The predicted octanol–water partition coefficient (Wildman–Crippen LogP) is 8.68. The Morgan fingerprint density at radius 2 is 1.44 bits per heavy atom. The molecule has 0 aliphatic heterocycles. The number of carbonyl (C=O) groups excluding carboxylic acids is 1. The van der Waals surface area contributed by atoms with Gasteiger partial charge in [0.15, 0.2) is 0 Å². The molecule has 0 fully saturated rings. The number of phenolic OH excluding ortho intramolecular Hbond substituents is 1. The molecule has 0 bridgehead atoms. The number of hydrogen-bond donors (Lipinski definition) is 1. The number of benzene rings is 3. The average Bonchev–Trinajstić information content (AvgIpc) is 2.87. The van der Waals surface area contributed by atoms with Gasteiger partial charge in [-0.15, -0.1) is 0 Å². The largest absolute Gasteiger partial charge is 0.507 e. The van der Waals surface area contributed by atoms with Crippen LogP contribution < -0.4 is 0 Å². The average molecular weight is 477 g/mol. The van der Waals surface area contributed by atoms with E-state index in [1.165, 1.54) is 45.6 Å². The van der Waals surface area contributed by atoms with E-state index < -0.39 is 5.97 Å². The van der Waals surface area contributed by atoms with Gasteiger partial charge in [-0.1, -0.05) is 112 Å². The molecular weight excluding hydrogens is 440 g/mol. The molecule has 0 aliphatic carbocycles. The molecule has 0 amide bonds. The van der Waals surface area contributed by atoms with Crippen LogP contribution in [0.5, 0.6) is 5.75 Å². The molecule has 3 rings (SSSR count). The molecule has 0 aromatic heterocycles. The molecule has 3 aromatic rings. The normalized spacial score (nSPS) is 10.9. The van der Waals surface area contributed by atoms with Gasteiger partial charge < -0.3 is 9.84 Å². The smallest absolute Gasteiger partial charge is 0.342 e. The highest BCUT2D eigenvalue weighted by molar-refractivity contribution is 7.99. The maximum absolute atomic E-state index is 12.9. The Hall–Kier alpha value is -2.72. The summed E-state index contributed by atoms with van der Waals surface area (Å²) >= 11 is 1.61. The number of hydrogen-bond acceptors (Lipinski definition) is 4. The van der Waals surface area contributed by atoms with E-state index in [-0.39, 0.29) is 11.3 Å². The van der Waals surface area contributed by atoms with Crippen molar-refractivity contribution in [2.75, 3.05) is 7.11 Å². The molecule has 0 aliphatic rings. The van der Waals surface area contributed by atoms with Crippen LogP contribution in [0.3, 0.4) is 0 Å². The van der Waals surface area contributed by atoms with Crippen LogP contribution in [0.4, 0.5) is 0 Å². The zero-order chi connectivity index (χ0) is 24.2. The van der Waals surface area contributed by atoms with Crippen LogP contribution in [0.25, 0.3) is 11.1 Å². The van der Waals surface area contributed by atoms with Crippen molar-refractivity contribution in [2.24, 2.45) is 0 Å². The van der Waals surface area contributed by atoms with Crippen LogP contribution in [0, 0.1) is 0 Å². The zero-order valence-electron chi connectivity index (χ0n) is 20.4. The number of ether oxygens (including phenoxy) is 1. The van der Waals surface area contributed by atoms with E-state index in [1.54, 1.807) is 11.8 Å². The Balaban J connectivity index is 1.91. The zero-order valence-corrected chi connectivity index (χ0v) is 21.2. The van der Waals surface area contributed by atoms with Gasteiger partial charge in [0.1, 0.15) is 11.3 Å². The fourth-order valence-corrected chi connectivity index (χ4v) is 5.30. The lowest BCUT2D eigenvalue weighted by molar-refractivity contribution is 0.0598. The lowest BCUT2D eigenvalue weighted by atomic mass is 9.94. The van der Waals surface area contributed by atoms with Gasteiger partial charge in [-0.05, 0) is 42.2 Å². The number of phenols is 1. The number of unbranched alkanes of at least 4 members (excludes halogenated alkanes) is 7. The Kier molecular flexibility index (Phi) is 10.6. The molecule has 0 saturated heterocycles. The van der Waals surface area contributed by atoms with E-state index in [9.17, 15) is 9.90 Å². The molecule has 180 valence electrons. The van der Waals surface area contributed by atoms with Crippen molar-refractivity contribution in [3.63, 3.8) is 0 Å². The Morgan fingerprint density at radius 1 is 0.853 bits per heavy atom. The highest BCUT2D eigenvalue weighted by atomic mass is 32.2. The van der Waals surface area contributed by atoms with Gasteiger partial charge in [0.25, 0.3) is 0 Å². The predicted molar refractivity (Wildman–Crippen MR) is 142 cm³/mol. The first-order valence-corrected chi connectivity index (χ1v) is 13.2. The van der Waals surface area contributed by atoms with Crippen molar-refractivity contribution in [3.8, 4) is 16.9 Å². The van der Waals surface area contributed by atoms with Crippen molar-refractivity contribution >= 4 is 17.7 Å². The van der Waals surface area contributed by atoms with E-state index in [1.807, 2.05) is 48.5 Å². The van der Waals surface area contributed by atoms with Crippen LogP contribution in [-0.4, -0.2) is 18.2 Å². The topological polar surface area (TPSA) is 46.5 Å². The van der Waals surface area contributed by atoms with Gasteiger partial charge in [-0.3, -0.25) is 0 Å². The third-order valence-corrected chi connectivity index (χ3v) is 7.12. The molecule has 4 heteroatoms. The lowest BCUT2D eigenvalue weighted by Crippen LogP contribution is -2.07. The first kappa shape index (κ1) is 25.9. The van der Waals surface area contributed by atoms with Crippen LogP contribution >= 0.6 is 11.8 Å². The van der Waals surface area contributed by atoms with E-state index >= 15 is 0 Å². The van der Waals surface area contributed by atoms with Crippen LogP contribution in [-0.2, 0) is 11.2 Å². The summed E-state index contributed by atoms with van der Waals surface area (Å²) in [5, 5.41) is 11.2. The monoisotopic (exact) mass is 476 g/mol. The number of methoxy groups -OCH3 is 1. The third kappa shape index (κ3) is 7.14. The fourth-order valence-electron chi connectivity index (χ4n) is 4.23. The van der Waals surface area contributed by atoms with Gasteiger partial charge in [0.2, 0.25) is 0 Å². The molecule has 0 spiro atoms. The first-order chi connectivity index (χ1) is 16.7. The van der Waals surface area contributed by atoms with E-state index in [0.29, 0.717) is 0 Å². The fraction of sp³-hybridized carbons (Fsp3) is 0.367. The summed E-state index contributed by atoms with van der Waals surface area (Å²) in [7, 11) is 1.37. The van der Waals surface area contributed by atoms with E-state index in [4.69, 9.17) is 4.74 Å². The third-order valence-electron chi connectivity index (χ3n) is 6.07. The molecule has 0 radical (unpaired) electrons. The van der Waals surface area contributed by atoms with Gasteiger partial charge in [-0.25, -0.2) is 4.79 Å². The Labute approximate surface area is 208 Å². The van der Waals surface area contributed by atoms with Gasteiger partial charge in [0.05, 0.1) is 7.11 Å². The first-order valence-electron chi connectivity index (χ1n) is 12.4. The van der Waals surface area contributed by atoms with Crippen molar-refractivity contribution < 1.29 is 14.6 Å². The molecule has 0 heterocycles. The summed E-state index contributed by atoms with van der Waals surface area (Å²) in [6.45, 7) is 2.24. The van der Waals surface area contributed by atoms with Crippen LogP contribution in [0.15, 0.2) is 76.5 Å². The van der Waals surface area contributed by atoms with Crippen molar-refractivity contribution in [3.05, 3.63) is 77.9 Å². The number of aromatic hydroxyl groups is 1. The summed E-state index contributed by atoms with van der Waals surface area (Å²) in [6, 6.07) is 21.9. The molecule has 1 N–H and O–H groups in total. The molecule has 0 atom stereocenters.